The fraction of sp³-hybridized carbons (Fsp3) is 0.857. The van der Waals surface area contributed by atoms with E-state index in [4.69, 9.17) is 7.85 Å². The SMILES string of the molecule is CC.[B]CC1CCNC1=O. The molecule has 1 fully saturated rings. The van der Waals surface area contributed by atoms with Gasteiger partial charge in [-0.25, -0.2) is 0 Å². The third-order valence-electron chi connectivity index (χ3n) is 1.45. The molecule has 1 rings (SSSR count). The van der Waals surface area contributed by atoms with Gasteiger partial charge < -0.3 is 5.32 Å². The molecule has 0 spiro atoms. The van der Waals surface area contributed by atoms with Crippen molar-refractivity contribution in [2.45, 2.75) is 26.6 Å². The number of amides is 1. The lowest BCUT2D eigenvalue weighted by atomic mass is 9.90. The van der Waals surface area contributed by atoms with Gasteiger partial charge in [0.25, 0.3) is 0 Å². The summed E-state index contributed by atoms with van der Waals surface area (Å²) in [6, 6.07) is 0. The van der Waals surface area contributed by atoms with Crippen LogP contribution in [-0.4, -0.2) is 20.3 Å². The van der Waals surface area contributed by atoms with E-state index in [1.807, 2.05) is 13.8 Å². The van der Waals surface area contributed by atoms with Crippen LogP contribution in [0.2, 0.25) is 6.32 Å². The molecule has 1 N–H and O–H groups in total. The van der Waals surface area contributed by atoms with Crippen LogP contribution < -0.4 is 5.32 Å². The van der Waals surface area contributed by atoms with Gasteiger partial charge in [-0.1, -0.05) is 20.2 Å². The Labute approximate surface area is 63.8 Å². The van der Waals surface area contributed by atoms with E-state index < -0.39 is 0 Å². The third kappa shape index (κ3) is 2.42. The highest BCUT2D eigenvalue weighted by atomic mass is 16.2. The Hall–Kier alpha value is -0.465. The number of nitrogens with one attached hydrogen (secondary N) is 1. The van der Waals surface area contributed by atoms with E-state index in [0.717, 1.165) is 13.0 Å². The Bertz CT molecular complexity index is 106. The van der Waals surface area contributed by atoms with Gasteiger partial charge in [0.2, 0.25) is 5.91 Å². The summed E-state index contributed by atoms with van der Waals surface area (Å²) in [5.41, 5.74) is 0. The van der Waals surface area contributed by atoms with Crippen molar-refractivity contribution < 1.29 is 4.79 Å². The van der Waals surface area contributed by atoms with Crippen LogP contribution in [0.25, 0.3) is 0 Å². The molecule has 2 radical (unpaired) electrons. The average molecular weight is 139 g/mol. The van der Waals surface area contributed by atoms with Crippen molar-refractivity contribution in [3.63, 3.8) is 0 Å². The maximum absolute atomic E-state index is 10.6. The number of carbonyl (C=O) groups is 1. The van der Waals surface area contributed by atoms with Crippen molar-refractivity contribution >= 4 is 13.8 Å². The first kappa shape index (κ1) is 9.53. The summed E-state index contributed by atoms with van der Waals surface area (Å²) in [6.07, 6.45) is 1.40. The van der Waals surface area contributed by atoms with Crippen molar-refractivity contribution in [1.82, 2.24) is 5.32 Å². The van der Waals surface area contributed by atoms with Crippen molar-refractivity contribution in [2.24, 2.45) is 5.92 Å². The molecular formula is C7H14BNO. The molecule has 0 bridgehead atoms. The van der Waals surface area contributed by atoms with Crippen molar-refractivity contribution in [2.75, 3.05) is 6.54 Å². The molecule has 1 saturated heterocycles. The molecule has 1 heterocycles. The maximum Gasteiger partial charge on any atom is 0.222 e. The second-order valence-electron chi connectivity index (χ2n) is 2.01. The fourth-order valence-electron chi connectivity index (χ4n) is 0.870. The molecule has 1 aliphatic heterocycles. The topological polar surface area (TPSA) is 29.1 Å². The molecule has 1 atom stereocenters. The van der Waals surface area contributed by atoms with Gasteiger partial charge in [0.05, 0.1) is 7.85 Å². The number of carbonyl (C=O) groups excluding carboxylic acids is 1. The van der Waals surface area contributed by atoms with Gasteiger partial charge >= 0.3 is 0 Å². The lowest BCUT2D eigenvalue weighted by molar-refractivity contribution is -0.121. The molecule has 0 aliphatic carbocycles. The van der Waals surface area contributed by atoms with Crippen LogP contribution >= 0.6 is 0 Å². The standard InChI is InChI=1S/C5H8BNO.C2H6/c6-3-4-1-2-7-5(4)8;1-2/h4H,1-3H2,(H,7,8);1-2H3. The Kier molecular flexibility index (Phi) is 5.08. The van der Waals surface area contributed by atoms with E-state index in [0.29, 0.717) is 6.32 Å². The molecule has 1 aliphatic rings. The molecule has 0 saturated carbocycles. The summed E-state index contributed by atoms with van der Waals surface area (Å²) < 4.78 is 0. The van der Waals surface area contributed by atoms with Gasteiger partial charge in [-0.05, 0) is 6.42 Å². The molecule has 2 nitrogen and oxygen atoms in total. The summed E-state index contributed by atoms with van der Waals surface area (Å²) in [4.78, 5) is 10.6. The Morgan fingerprint density at radius 2 is 2.30 bits per heavy atom. The average Bonchev–Trinajstić information content (AvgIpc) is 2.39. The smallest absolute Gasteiger partial charge is 0.222 e. The minimum Gasteiger partial charge on any atom is -0.356 e. The minimum absolute atomic E-state index is 0.0926. The predicted molar refractivity (Wildman–Crippen MR) is 43.0 cm³/mol. The van der Waals surface area contributed by atoms with Crippen LogP contribution in [-0.2, 0) is 4.79 Å². The minimum atomic E-state index is 0.0926. The number of hydrogen-bond donors (Lipinski definition) is 1. The van der Waals surface area contributed by atoms with Crippen LogP contribution in [0.3, 0.4) is 0 Å². The summed E-state index contributed by atoms with van der Waals surface area (Å²) in [5, 5.41) is 2.70. The van der Waals surface area contributed by atoms with Crippen molar-refractivity contribution in [3.8, 4) is 0 Å². The molecule has 0 aromatic carbocycles. The van der Waals surface area contributed by atoms with E-state index in [9.17, 15) is 4.79 Å². The first-order chi connectivity index (χ1) is 4.84. The molecule has 3 heteroatoms. The molecule has 1 amide bonds. The van der Waals surface area contributed by atoms with Gasteiger partial charge in [0.1, 0.15) is 0 Å². The largest absolute Gasteiger partial charge is 0.356 e. The second-order valence-corrected chi connectivity index (χ2v) is 2.01. The highest BCUT2D eigenvalue weighted by Gasteiger charge is 2.20. The summed E-state index contributed by atoms with van der Waals surface area (Å²) >= 11 is 0. The molecule has 56 valence electrons. The predicted octanol–water partition coefficient (Wildman–Crippen LogP) is 0.735. The van der Waals surface area contributed by atoms with E-state index in [1.165, 1.54) is 0 Å². The van der Waals surface area contributed by atoms with Crippen LogP contribution in [0.1, 0.15) is 20.3 Å². The van der Waals surface area contributed by atoms with Crippen LogP contribution in [0.15, 0.2) is 0 Å². The van der Waals surface area contributed by atoms with Crippen LogP contribution in [0.5, 0.6) is 0 Å². The van der Waals surface area contributed by atoms with Crippen molar-refractivity contribution in [3.05, 3.63) is 0 Å². The number of hydrogen-bond acceptors (Lipinski definition) is 1. The molecule has 0 aromatic rings. The molecular weight excluding hydrogens is 125 g/mol. The maximum atomic E-state index is 10.6. The molecule has 1 unspecified atom stereocenters. The zero-order chi connectivity index (χ0) is 7.98. The van der Waals surface area contributed by atoms with Gasteiger partial charge in [-0.3, -0.25) is 4.79 Å². The third-order valence-corrected chi connectivity index (χ3v) is 1.45. The normalized spacial score (nSPS) is 23.0. The lowest BCUT2D eigenvalue weighted by Gasteiger charge is -1.97. The fourth-order valence-corrected chi connectivity index (χ4v) is 0.870. The van der Waals surface area contributed by atoms with E-state index >= 15 is 0 Å². The quantitative estimate of drug-likeness (QED) is 0.533. The Morgan fingerprint density at radius 1 is 1.70 bits per heavy atom. The van der Waals surface area contributed by atoms with Gasteiger partial charge in [0, 0.05) is 12.5 Å². The monoisotopic (exact) mass is 139 g/mol. The Morgan fingerprint density at radius 3 is 2.50 bits per heavy atom. The summed E-state index contributed by atoms with van der Waals surface area (Å²) in [5.74, 6) is 0.211. The lowest BCUT2D eigenvalue weighted by Crippen LogP contribution is -2.18. The van der Waals surface area contributed by atoms with E-state index in [1.54, 1.807) is 0 Å². The summed E-state index contributed by atoms with van der Waals surface area (Å²) in [6.45, 7) is 4.81. The van der Waals surface area contributed by atoms with Crippen LogP contribution in [0.4, 0.5) is 0 Å². The first-order valence-electron chi connectivity index (χ1n) is 3.82. The van der Waals surface area contributed by atoms with Gasteiger partial charge in [-0.2, -0.15) is 0 Å². The first-order valence-corrected chi connectivity index (χ1v) is 3.82. The second kappa shape index (κ2) is 5.33. The molecule has 0 aromatic heterocycles. The summed E-state index contributed by atoms with van der Waals surface area (Å²) in [7, 11) is 5.26. The zero-order valence-electron chi connectivity index (χ0n) is 6.68. The highest BCUT2D eigenvalue weighted by Crippen LogP contribution is 2.11. The Balaban J connectivity index is 0.000000371. The van der Waals surface area contributed by atoms with Gasteiger partial charge in [0.15, 0.2) is 0 Å². The van der Waals surface area contributed by atoms with Gasteiger partial charge in [-0.15, -0.1) is 0 Å². The molecule has 10 heavy (non-hydrogen) atoms. The van der Waals surface area contributed by atoms with Crippen LogP contribution in [0, 0.1) is 5.92 Å². The zero-order valence-corrected chi connectivity index (χ0v) is 6.68. The van der Waals surface area contributed by atoms with E-state index in [2.05, 4.69) is 5.32 Å². The highest BCUT2D eigenvalue weighted by molar-refractivity contribution is 6.10. The number of rotatable bonds is 1. The van der Waals surface area contributed by atoms with Crippen molar-refractivity contribution in [1.29, 1.82) is 0 Å². The van der Waals surface area contributed by atoms with E-state index in [-0.39, 0.29) is 11.8 Å².